The molecule has 3 unspecified atom stereocenters. The molecule has 1 aliphatic carbocycles. The van der Waals surface area contributed by atoms with Crippen LogP contribution < -0.4 is 15.2 Å². The minimum Gasteiger partial charge on any atom is -0.497 e. The van der Waals surface area contributed by atoms with Crippen molar-refractivity contribution < 1.29 is 19.4 Å². The Hall–Kier alpha value is -2.44. The number of carbonyl (C=O) groups is 2. The van der Waals surface area contributed by atoms with Gasteiger partial charge in [-0.25, -0.2) is 0 Å². The van der Waals surface area contributed by atoms with E-state index in [4.69, 9.17) is 4.74 Å². The largest absolute Gasteiger partial charge is 0.497 e. The normalized spacial score (nSPS) is 19.8. The second-order valence-corrected chi connectivity index (χ2v) is 14.9. The SMILES string of the molecule is COc1ccc(C(NC(=O)C2CCCC(O)C2)C(=O)Cc2ccc([Si](C)(C)C)cc2)cc1. The fourth-order valence-corrected chi connectivity index (χ4v) is 5.40. The standard InChI is InChI=1S/C26H35NO4Si/c1-31-22-12-10-19(11-13-22)25(27-26(30)20-6-5-7-21(28)17-20)24(29)16-18-8-14-23(15-9-18)32(2,3)4/h8-15,20-21,25,28H,5-7,16-17H2,1-4H3,(H,27,30). The van der Waals surface area contributed by atoms with Crippen LogP contribution in [0.3, 0.4) is 0 Å². The van der Waals surface area contributed by atoms with Gasteiger partial charge in [-0.05, 0) is 42.5 Å². The fraction of sp³-hybridized carbons (Fsp3) is 0.462. The van der Waals surface area contributed by atoms with E-state index in [0.717, 1.165) is 30.4 Å². The van der Waals surface area contributed by atoms with Gasteiger partial charge in [-0.3, -0.25) is 9.59 Å². The van der Waals surface area contributed by atoms with Crippen LogP contribution in [0.4, 0.5) is 0 Å². The highest BCUT2D eigenvalue weighted by molar-refractivity contribution is 6.88. The lowest BCUT2D eigenvalue weighted by Gasteiger charge is -2.27. The molecule has 0 aromatic heterocycles. The Morgan fingerprint density at radius 1 is 1.06 bits per heavy atom. The van der Waals surface area contributed by atoms with Crippen LogP contribution in [0.25, 0.3) is 0 Å². The van der Waals surface area contributed by atoms with Crippen LogP contribution >= 0.6 is 0 Å². The van der Waals surface area contributed by atoms with E-state index in [0.29, 0.717) is 12.2 Å². The first-order valence-electron chi connectivity index (χ1n) is 11.4. The molecular formula is C26H35NO4Si. The van der Waals surface area contributed by atoms with Gasteiger partial charge in [-0.15, -0.1) is 0 Å². The Labute approximate surface area is 192 Å². The zero-order valence-corrected chi connectivity index (χ0v) is 20.6. The number of methoxy groups -OCH3 is 1. The Morgan fingerprint density at radius 2 is 1.72 bits per heavy atom. The smallest absolute Gasteiger partial charge is 0.224 e. The zero-order chi connectivity index (χ0) is 23.3. The second-order valence-electron chi connectivity index (χ2n) is 9.82. The van der Waals surface area contributed by atoms with Gasteiger partial charge in [-0.1, -0.05) is 67.6 Å². The summed E-state index contributed by atoms with van der Waals surface area (Å²) < 4.78 is 5.23. The summed E-state index contributed by atoms with van der Waals surface area (Å²) >= 11 is 0. The summed E-state index contributed by atoms with van der Waals surface area (Å²) in [5, 5.41) is 14.3. The number of ether oxygens (including phenoxy) is 1. The number of aliphatic hydroxyl groups is 1. The van der Waals surface area contributed by atoms with Gasteiger partial charge in [0.05, 0.1) is 21.3 Å². The van der Waals surface area contributed by atoms with Crippen molar-refractivity contribution in [3.8, 4) is 5.75 Å². The van der Waals surface area contributed by atoms with Crippen molar-refractivity contribution in [3.63, 3.8) is 0 Å². The number of amides is 1. The Balaban J connectivity index is 1.79. The average molecular weight is 454 g/mol. The minimum atomic E-state index is -1.40. The van der Waals surface area contributed by atoms with Gasteiger partial charge >= 0.3 is 0 Å². The van der Waals surface area contributed by atoms with Gasteiger partial charge in [0.15, 0.2) is 5.78 Å². The molecule has 32 heavy (non-hydrogen) atoms. The molecule has 0 spiro atoms. The number of rotatable bonds is 8. The van der Waals surface area contributed by atoms with Crippen LogP contribution in [0.2, 0.25) is 19.6 Å². The third-order valence-corrected chi connectivity index (χ3v) is 8.34. The van der Waals surface area contributed by atoms with Gasteiger partial charge in [0.1, 0.15) is 11.8 Å². The van der Waals surface area contributed by atoms with E-state index in [2.05, 4.69) is 37.1 Å². The topological polar surface area (TPSA) is 75.6 Å². The molecule has 1 fully saturated rings. The van der Waals surface area contributed by atoms with Gasteiger partial charge in [0.2, 0.25) is 5.91 Å². The highest BCUT2D eigenvalue weighted by Crippen LogP contribution is 2.26. The van der Waals surface area contributed by atoms with Crippen LogP contribution in [-0.2, 0) is 16.0 Å². The summed E-state index contributed by atoms with van der Waals surface area (Å²) in [5.41, 5.74) is 1.68. The lowest BCUT2D eigenvalue weighted by Crippen LogP contribution is -2.40. The number of aliphatic hydroxyl groups excluding tert-OH is 1. The van der Waals surface area contributed by atoms with E-state index in [1.165, 1.54) is 5.19 Å². The van der Waals surface area contributed by atoms with E-state index >= 15 is 0 Å². The van der Waals surface area contributed by atoms with Gasteiger partial charge in [0, 0.05) is 12.3 Å². The average Bonchev–Trinajstić information content (AvgIpc) is 2.77. The number of benzene rings is 2. The molecule has 6 heteroatoms. The molecule has 0 radical (unpaired) electrons. The molecule has 2 aromatic rings. The summed E-state index contributed by atoms with van der Waals surface area (Å²) in [6.07, 6.45) is 2.55. The third-order valence-electron chi connectivity index (χ3n) is 6.27. The first-order chi connectivity index (χ1) is 15.2. The van der Waals surface area contributed by atoms with Gasteiger partial charge in [-0.2, -0.15) is 0 Å². The maximum Gasteiger partial charge on any atom is 0.224 e. The van der Waals surface area contributed by atoms with Crippen LogP contribution in [0.15, 0.2) is 48.5 Å². The lowest BCUT2D eigenvalue weighted by atomic mass is 9.86. The first-order valence-corrected chi connectivity index (χ1v) is 14.9. The van der Waals surface area contributed by atoms with Crippen molar-refractivity contribution in [2.24, 2.45) is 5.92 Å². The quantitative estimate of drug-likeness (QED) is 0.597. The number of hydrogen-bond donors (Lipinski definition) is 2. The Morgan fingerprint density at radius 3 is 2.28 bits per heavy atom. The molecular weight excluding hydrogens is 418 g/mol. The molecule has 0 bridgehead atoms. The molecule has 1 amide bonds. The molecule has 0 aliphatic heterocycles. The van der Waals surface area contributed by atoms with Gasteiger partial charge in [0.25, 0.3) is 0 Å². The number of Topliss-reactive ketones (excluding diaryl/α,β-unsaturated/α-hetero) is 1. The molecule has 1 saturated carbocycles. The summed E-state index contributed by atoms with van der Waals surface area (Å²) in [6.45, 7) is 6.89. The number of hydrogen-bond acceptors (Lipinski definition) is 4. The highest BCUT2D eigenvalue weighted by atomic mass is 28.3. The molecule has 172 valence electrons. The molecule has 3 atom stereocenters. The maximum atomic E-state index is 13.3. The fourth-order valence-electron chi connectivity index (χ4n) is 4.23. The van der Waals surface area contributed by atoms with Crippen molar-refractivity contribution in [2.75, 3.05) is 7.11 Å². The lowest BCUT2D eigenvalue weighted by molar-refractivity contribution is -0.131. The van der Waals surface area contributed by atoms with E-state index < -0.39 is 20.2 Å². The van der Waals surface area contributed by atoms with Crippen molar-refractivity contribution in [3.05, 3.63) is 59.7 Å². The van der Waals surface area contributed by atoms with Gasteiger partial charge < -0.3 is 15.2 Å². The molecule has 2 aromatic carbocycles. The predicted octanol–water partition coefficient (Wildman–Crippen LogP) is 3.76. The summed E-state index contributed by atoms with van der Waals surface area (Å²) in [7, 11) is 0.194. The zero-order valence-electron chi connectivity index (χ0n) is 19.6. The molecule has 2 N–H and O–H groups in total. The third kappa shape index (κ3) is 6.30. The molecule has 3 rings (SSSR count). The second kappa shape index (κ2) is 10.4. The summed E-state index contributed by atoms with van der Waals surface area (Å²) in [4.78, 5) is 26.3. The van der Waals surface area contributed by atoms with Crippen LogP contribution in [0.1, 0.15) is 42.9 Å². The van der Waals surface area contributed by atoms with Crippen molar-refractivity contribution in [1.82, 2.24) is 5.32 Å². The van der Waals surface area contributed by atoms with E-state index in [9.17, 15) is 14.7 Å². The van der Waals surface area contributed by atoms with Crippen LogP contribution in [0, 0.1) is 5.92 Å². The predicted molar refractivity (Wildman–Crippen MR) is 130 cm³/mol. The highest BCUT2D eigenvalue weighted by Gasteiger charge is 2.30. The Kier molecular flexibility index (Phi) is 7.90. The van der Waals surface area contributed by atoms with Crippen LogP contribution in [0.5, 0.6) is 5.75 Å². The van der Waals surface area contributed by atoms with E-state index in [1.807, 2.05) is 24.3 Å². The van der Waals surface area contributed by atoms with E-state index in [1.54, 1.807) is 19.2 Å². The van der Waals surface area contributed by atoms with Crippen molar-refractivity contribution in [2.45, 2.75) is 63.9 Å². The maximum absolute atomic E-state index is 13.3. The summed E-state index contributed by atoms with van der Waals surface area (Å²) in [5.74, 6) is 0.222. The minimum absolute atomic E-state index is 0.0550. The monoisotopic (exact) mass is 453 g/mol. The summed E-state index contributed by atoms with van der Waals surface area (Å²) in [6, 6.07) is 14.8. The first kappa shape index (κ1) is 24.2. The number of carbonyl (C=O) groups excluding carboxylic acids is 2. The molecule has 0 heterocycles. The Bertz CT molecular complexity index is 918. The molecule has 0 saturated heterocycles. The molecule has 5 nitrogen and oxygen atoms in total. The molecule has 1 aliphatic rings. The van der Waals surface area contributed by atoms with Crippen molar-refractivity contribution in [1.29, 1.82) is 0 Å². The van der Waals surface area contributed by atoms with Crippen LogP contribution in [-0.4, -0.2) is 38.1 Å². The number of nitrogens with one attached hydrogen (secondary N) is 1. The number of ketones is 1. The van der Waals surface area contributed by atoms with E-state index in [-0.39, 0.29) is 24.0 Å². The van der Waals surface area contributed by atoms with Crippen molar-refractivity contribution >= 4 is 25.0 Å².